The number of carbonyl (C=O) groups is 3. The molecule has 2 atom stereocenters. The van der Waals surface area contributed by atoms with Gasteiger partial charge in [0, 0.05) is 10.9 Å². The van der Waals surface area contributed by atoms with Gasteiger partial charge in [0.2, 0.25) is 5.91 Å². The molecule has 31 heavy (non-hydrogen) atoms. The second-order valence-corrected chi connectivity index (χ2v) is 10.5. The number of anilines is 1. The average Bonchev–Trinajstić information content (AvgIpc) is 2.94. The Hall–Kier alpha value is -1.89. The zero-order chi connectivity index (χ0) is 21.8. The standard InChI is InChI=1S/C24H34N2O4S/c27-21(16-11-7-8-12-17(16)24(29)30)26-23-20(18-13-5-2-6-14-19(18)31-23)22(28)25-15-9-3-1-4-10-15/h15-17H,1-14H2,(H,25,28)(H,26,27)(H,29,30). The summed E-state index contributed by atoms with van der Waals surface area (Å²) in [7, 11) is 0. The van der Waals surface area contributed by atoms with Crippen LogP contribution >= 0.6 is 11.3 Å². The number of rotatable bonds is 5. The van der Waals surface area contributed by atoms with E-state index in [9.17, 15) is 19.5 Å². The van der Waals surface area contributed by atoms with E-state index in [1.807, 2.05) is 0 Å². The Morgan fingerprint density at radius 2 is 1.45 bits per heavy atom. The molecule has 0 bridgehead atoms. The maximum atomic E-state index is 13.4. The van der Waals surface area contributed by atoms with Crippen molar-refractivity contribution in [3.05, 3.63) is 16.0 Å². The highest BCUT2D eigenvalue weighted by Gasteiger charge is 2.37. The number of carboxylic acids is 1. The monoisotopic (exact) mass is 446 g/mol. The van der Waals surface area contributed by atoms with Crippen LogP contribution in [0.25, 0.3) is 0 Å². The van der Waals surface area contributed by atoms with Crippen LogP contribution in [-0.4, -0.2) is 28.9 Å². The van der Waals surface area contributed by atoms with Gasteiger partial charge in [-0.25, -0.2) is 0 Å². The number of hydrogen-bond acceptors (Lipinski definition) is 4. The number of fused-ring (bicyclic) bond motifs is 1. The van der Waals surface area contributed by atoms with Gasteiger partial charge < -0.3 is 15.7 Å². The average molecular weight is 447 g/mol. The molecule has 2 amide bonds. The minimum Gasteiger partial charge on any atom is -0.481 e. The van der Waals surface area contributed by atoms with Gasteiger partial charge in [0.1, 0.15) is 5.00 Å². The highest BCUT2D eigenvalue weighted by molar-refractivity contribution is 7.17. The van der Waals surface area contributed by atoms with E-state index in [0.29, 0.717) is 23.4 Å². The Morgan fingerprint density at radius 3 is 2.19 bits per heavy atom. The van der Waals surface area contributed by atoms with Crippen LogP contribution in [0, 0.1) is 11.8 Å². The molecule has 3 aliphatic rings. The Bertz CT molecular complexity index is 828. The van der Waals surface area contributed by atoms with Crippen molar-refractivity contribution >= 4 is 34.1 Å². The van der Waals surface area contributed by atoms with E-state index in [1.165, 1.54) is 22.6 Å². The van der Waals surface area contributed by atoms with Gasteiger partial charge in [-0.05, 0) is 56.9 Å². The second kappa shape index (κ2) is 10.2. The summed E-state index contributed by atoms with van der Waals surface area (Å²) in [6, 6.07) is 0.209. The van der Waals surface area contributed by atoms with E-state index >= 15 is 0 Å². The molecule has 0 radical (unpaired) electrons. The smallest absolute Gasteiger partial charge is 0.307 e. The summed E-state index contributed by atoms with van der Waals surface area (Å²) < 4.78 is 0. The van der Waals surface area contributed by atoms with Crippen LogP contribution in [0.15, 0.2) is 0 Å². The molecule has 7 heteroatoms. The number of hydrogen-bond donors (Lipinski definition) is 3. The first-order valence-corrected chi connectivity index (χ1v) is 12.9. The number of aliphatic carboxylic acids is 1. The fourth-order valence-electron chi connectivity index (χ4n) is 5.52. The van der Waals surface area contributed by atoms with Crippen molar-refractivity contribution in [3.63, 3.8) is 0 Å². The lowest BCUT2D eigenvalue weighted by Crippen LogP contribution is -2.38. The van der Waals surface area contributed by atoms with Gasteiger partial charge >= 0.3 is 5.97 Å². The third kappa shape index (κ3) is 5.13. The Morgan fingerprint density at radius 1 is 0.806 bits per heavy atom. The lowest BCUT2D eigenvalue weighted by atomic mass is 9.78. The Kier molecular flexibility index (Phi) is 7.31. The van der Waals surface area contributed by atoms with Crippen molar-refractivity contribution in [2.45, 2.75) is 95.9 Å². The maximum Gasteiger partial charge on any atom is 0.307 e. The summed E-state index contributed by atoms with van der Waals surface area (Å²) in [5.74, 6) is -2.36. The van der Waals surface area contributed by atoms with Crippen molar-refractivity contribution < 1.29 is 19.5 Å². The largest absolute Gasteiger partial charge is 0.481 e. The molecule has 6 nitrogen and oxygen atoms in total. The zero-order valence-electron chi connectivity index (χ0n) is 18.2. The Balaban J connectivity index is 1.58. The molecule has 170 valence electrons. The summed E-state index contributed by atoms with van der Waals surface area (Å²) >= 11 is 1.53. The number of amides is 2. The molecule has 0 aliphatic heterocycles. The summed E-state index contributed by atoms with van der Waals surface area (Å²) in [6.45, 7) is 0. The van der Waals surface area contributed by atoms with Crippen LogP contribution in [0.5, 0.6) is 0 Å². The van der Waals surface area contributed by atoms with E-state index < -0.39 is 17.8 Å². The van der Waals surface area contributed by atoms with Crippen molar-refractivity contribution in [2.24, 2.45) is 11.8 Å². The van der Waals surface area contributed by atoms with Crippen LogP contribution in [0.2, 0.25) is 0 Å². The highest BCUT2D eigenvalue weighted by atomic mass is 32.1. The quantitative estimate of drug-likeness (QED) is 0.560. The number of thiophene rings is 1. The normalized spacial score (nSPS) is 24.6. The van der Waals surface area contributed by atoms with Crippen LogP contribution < -0.4 is 10.6 Å². The van der Waals surface area contributed by atoms with Crippen LogP contribution in [-0.2, 0) is 22.4 Å². The van der Waals surface area contributed by atoms with Gasteiger partial charge in [0.15, 0.2) is 0 Å². The summed E-state index contributed by atoms with van der Waals surface area (Å²) in [5, 5.41) is 16.4. The summed E-state index contributed by atoms with van der Waals surface area (Å²) in [4.78, 5) is 39.4. The first-order valence-electron chi connectivity index (χ1n) is 12.0. The molecule has 0 spiro atoms. The van der Waals surface area contributed by atoms with E-state index in [-0.39, 0.29) is 17.9 Å². The predicted octanol–water partition coefficient (Wildman–Crippen LogP) is 4.91. The van der Waals surface area contributed by atoms with Gasteiger partial charge in [-0.2, -0.15) is 0 Å². The number of carbonyl (C=O) groups excluding carboxylic acids is 2. The molecule has 2 saturated carbocycles. The van der Waals surface area contributed by atoms with Crippen molar-refractivity contribution in [1.82, 2.24) is 5.32 Å². The van der Waals surface area contributed by atoms with Gasteiger partial charge in [-0.15, -0.1) is 11.3 Å². The molecule has 2 unspecified atom stereocenters. The van der Waals surface area contributed by atoms with Gasteiger partial charge in [0.05, 0.1) is 17.4 Å². The van der Waals surface area contributed by atoms with Crippen molar-refractivity contribution in [3.8, 4) is 0 Å². The van der Waals surface area contributed by atoms with Crippen LogP contribution in [0.3, 0.4) is 0 Å². The molecule has 1 aromatic heterocycles. The van der Waals surface area contributed by atoms with E-state index in [0.717, 1.165) is 76.2 Å². The third-order valence-corrected chi connectivity index (χ3v) is 8.45. The molecule has 3 N–H and O–H groups in total. The lowest BCUT2D eigenvalue weighted by Gasteiger charge is -2.27. The molecule has 1 heterocycles. The van der Waals surface area contributed by atoms with Gasteiger partial charge in [0.25, 0.3) is 5.91 Å². The molecular formula is C24H34N2O4S. The second-order valence-electron chi connectivity index (χ2n) is 9.40. The predicted molar refractivity (Wildman–Crippen MR) is 122 cm³/mol. The molecule has 0 aromatic carbocycles. The first-order chi connectivity index (χ1) is 15.0. The van der Waals surface area contributed by atoms with E-state index in [4.69, 9.17) is 0 Å². The van der Waals surface area contributed by atoms with Crippen LogP contribution in [0.4, 0.5) is 5.00 Å². The van der Waals surface area contributed by atoms with Crippen LogP contribution in [0.1, 0.15) is 97.8 Å². The SMILES string of the molecule is O=C(NC1CCCCC1)c1c(NC(=O)C2CCCCC2C(=O)O)sc2c1CCCCC2. The topological polar surface area (TPSA) is 95.5 Å². The zero-order valence-corrected chi connectivity index (χ0v) is 19.0. The molecule has 4 rings (SSSR count). The number of carboxylic acid groups (broad SMARTS) is 1. The van der Waals surface area contributed by atoms with E-state index in [1.54, 1.807) is 0 Å². The lowest BCUT2D eigenvalue weighted by molar-refractivity contribution is -0.147. The highest BCUT2D eigenvalue weighted by Crippen LogP contribution is 2.39. The van der Waals surface area contributed by atoms with Gasteiger partial charge in [-0.3, -0.25) is 14.4 Å². The van der Waals surface area contributed by atoms with E-state index in [2.05, 4.69) is 10.6 Å². The maximum absolute atomic E-state index is 13.4. The first kappa shape index (κ1) is 22.3. The summed E-state index contributed by atoms with van der Waals surface area (Å²) in [6.07, 6.45) is 13.6. The molecular weight excluding hydrogens is 412 g/mol. The third-order valence-electron chi connectivity index (χ3n) is 7.25. The fourth-order valence-corrected chi connectivity index (χ4v) is 6.81. The minimum absolute atomic E-state index is 0.0694. The van der Waals surface area contributed by atoms with Gasteiger partial charge in [-0.1, -0.05) is 38.5 Å². The van der Waals surface area contributed by atoms with Crippen molar-refractivity contribution in [2.75, 3.05) is 5.32 Å². The fraction of sp³-hybridized carbons (Fsp3) is 0.708. The minimum atomic E-state index is -0.892. The molecule has 0 saturated heterocycles. The molecule has 3 aliphatic carbocycles. The molecule has 1 aromatic rings. The van der Waals surface area contributed by atoms with Crippen molar-refractivity contribution in [1.29, 1.82) is 0 Å². The molecule has 2 fully saturated rings. The number of aryl methyl sites for hydroxylation is 1. The summed E-state index contributed by atoms with van der Waals surface area (Å²) in [5.41, 5.74) is 1.74. The Labute approximate surface area is 188 Å². The number of nitrogens with one attached hydrogen (secondary N) is 2.